The lowest BCUT2D eigenvalue weighted by Crippen LogP contribution is -2.17. The van der Waals surface area contributed by atoms with Gasteiger partial charge < -0.3 is 4.74 Å². The van der Waals surface area contributed by atoms with Crippen molar-refractivity contribution >= 4 is 28.6 Å². The molecule has 0 fully saturated rings. The molecule has 0 aromatic rings. The SMILES string of the molecule is COC(=O)[C@@H](C)C[C@@H](C)C[C@@H](C)CI. The molecule has 0 rings (SSSR count). The van der Waals surface area contributed by atoms with Gasteiger partial charge in [-0.15, -0.1) is 0 Å². The number of carbonyl (C=O) groups excluding carboxylic acids is 1. The minimum atomic E-state index is -0.0843. The maximum atomic E-state index is 11.2. The first-order chi connectivity index (χ1) is 6.51. The molecule has 0 aromatic carbocycles. The molecule has 0 N–H and O–H groups in total. The number of halogens is 1. The quantitative estimate of drug-likeness (QED) is 0.427. The van der Waals surface area contributed by atoms with Crippen LogP contribution >= 0.6 is 22.6 Å². The Labute approximate surface area is 101 Å². The van der Waals surface area contributed by atoms with E-state index in [-0.39, 0.29) is 11.9 Å². The Kier molecular flexibility index (Phi) is 7.59. The number of alkyl halides is 1. The van der Waals surface area contributed by atoms with Gasteiger partial charge in [0.05, 0.1) is 13.0 Å². The summed E-state index contributed by atoms with van der Waals surface area (Å²) in [6.07, 6.45) is 2.14. The second-order valence-electron chi connectivity index (χ2n) is 4.26. The molecule has 3 atom stereocenters. The molecule has 0 unspecified atom stereocenters. The second kappa shape index (κ2) is 7.49. The first-order valence-corrected chi connectivity index (χ1v) is 6.67. The molecule has 0 saturated carbocycles. The van der Waals surface area contributed by atoms with Gasteiger partial charge in [0.1, 0.15) is 0 Å². The van der Waals surface area contributed by atoms with E-state index in [1.807, 2.05) is 6.92 Å². The van der Waals surface area contributed by atoms with Gasteiger partial charge in [-0.25, -0.2) is 0 Å². The maximum Gasteiger partial charge on any atom is 0.308 e. The Balaban J connectivity index is 3.81. The van der Waals surface area contributed by atoms with Gasteiger partial charge >= 0.3 is 5.97 Å². The third-order valence-electron chi connectivity index (χ3n) is 2.43. The van der Waals surface area contributed by atoms with E-state index in [1.165, 1.54) is 18.0 Å². The summed E-state index contributed by atoms with van der Waals surface area (Å²) in [5, 5.41) is 0. The lowest BCUT2D eigenvalue weighted by Gasteiger charge is -2.18. The van der Waals surface area contributed by atoms with Crippen LogP contribution in [0.25, 0.3) is 0 Å². The number of ether oxygens (including phenoxy) is 1. The fourth-order valence-electron chi connectivity index (χ4n) is 1.75. The van der Waals surface area contributed by atoms with Gasteiger partial charge in [-0.1, -0.05) is 43.4 Å². The molecule has 2 nitrogen and oxygen atoms in total. The normalized spacial score (nSPS) is 17.2. The van der Waals surface area contributed by atoms with Crippen molar-refractivity contribution in [3.05, 3.63) is 0 Å². The highest BCUT2D eigenvalue weighted by Crippen LogP contribution is 2.21. The highest BCUT2D eigenvalue weighted by molar-refractivity contribution is 14.1. The van der Waals surface area contributed by atoms with E-state index in [4.69, 9.17) is 4.74 Å². The lowest BCUT2D eigenvalue weighted by atomic mass is 9.90. The first-order valence-electron chi connectivity index (χ1n) is 5.15. The molecule has 0 heterocycles. The molecule has 0 amide bonds. The molecule has 0 aliphatic heterocycles. The number of rotatable bonds is 6. The average Bonchev–Trinajstić information content (AvgIpc) is 2.15. The molecule has 84 valence electrons. The molecule has 0 radical (unpaired) electrons. The zero-order valence-electron chi connectivity index (χ0n) is 9.55. The summed E-state index contributed by atoms with van der Waals surface area (Å²) in [7, 11) is 1.46. The number of hydrogen-bond donors (Lipinski definition) is 0. The van der Waals surface area contributed by atoms with Crippen molar-refractivity contribution < 1.29 is 9.53 Å². The third-order valence-corrected chi connectivity index (χ3v) is 3.93. The number of methoxy groups -OCH3 is 1. The minimum absolute atomic E-state index is 0.0383. The third kappa shape index (κ3) is 5.83. The summed E-state index contributed by atoms with van der Waals surface area (Å²) in [4.78, 5) is 11.2. The monoisotopic (exact) mass is 312 g/mol. The summed E-state index contributed by atoms with van der Waals surface area (Å²) in [6, 6.07) is 0. The van der Waals surface area contributed by atoms with E-state index in [9.17, 15) is 4.79 Å². The van der Waals surface area contributed by atoms with E-state index in [2.05, 4.69) is 36.4 Å². The molecule has 0 bridgehead atoms. The summed E-state index contributed by atoms with van der Waals surface area (Å²) in [6.45, 7) is 6.41. The zero-order valence-corrected chi connectivity index (χ0v) is 11.7. The summed E-state index contributed by atoms with van der Waals surface area (Å²) in [5.74, 6) is 1.31. The van der Waals surface area contributed by atoms with Crippen molar-refractivity contribution in [1.29, 1.82) is 0 Å². The smallest absolute Gasteiger partial charge is 0.308 e. The fraction of sp³-hybridized carbons (Fsp3) is 0.909. The highest BCUT2D eigenvalue weighted by atomic mass is 127. The number of hydrogen-bond acceptors (Lipinski definition) is 2. The fourth-order valence-corrected chi connectivity index (χ4v) is 2.11. The molecular formula is C11H21IO2. The van der Waals surface area contributed by atoms with Crippen LogP contribution in [0.5, 0.6) is 0 Å². The molecule has 0 spiro atoms. The highest BCUT2D eigenvalue weighted by Gasteiger charge is 2.17. The van der Waals surface area contributed by atoms with Crippen molar-refractivity contribution in [1.82, 2.24) is 0 Å². The second-order valence-corrected chi connectivity index (χ2v) is 5.14. The Morgan fingerprint density at radius 3 is 2.21 bits per heavy atom. The average molecular weight is 312 g/mol. The van der Waals surface area contributed by atoms with Crippen molar-refractivity contribution in [2.75, 3.05) is 11.5 Å². The van der Waals surface area contributed by atoms with Crippen LogP contribution in [0, 0.1) is 17.8 Å². The minimum Gasteiger partial charge on any atom is -0.469 e. The van der Waals surface area contributed by atoms with Gasteiger partial charge in [0, 0.05) is 4.43 Å². The molecule has 3 heteroatoms. The van der Waals surface area contributed by atoms with E-state index in [0.717, 1.165) is 12.3 Å². The van der Waals surface area contributed by atoms with Gasteiger partial charge in [-0.2, -0.15) is 0 Å². The van der Waals surface area contributed by atoms with Gasteiger partial charge in [0.15, 0.2) is 0 Å². The number of carbonyl (C=O) groups is 1. The molecular weight excluding hydrogens is 291 g/mol. The van der Waals surface area contributed by atoms with Crippen LogP contribution in [0.3, 0.4) is 0 Å². The van der Waals surface area contributed by atoms with Crippen molar-refractivity contribution in [3.8, 4) is 0 Å². The Morgan fingerprint density at radius 1 is 1.21 bits per heavy atom. The predicted octanol–water partition coefficient (Wildman–Crippen LogP) is 3.28. The zero-order chi connectivity index (χ0) is 11.1. The van der Waals surface area contributed by atoms with Crippen molar-refractivity contribution in [3.63, 3.8) is 0 Å². The summed E-state index contributed by atoms with van der Waals surface area (Å²) in [5.41, 5.74) is 0. The Morgan fingerprint density at radius 2 is 1.79 bits per heavy atom. The van der Waals surface area contributed by atoms with E-state index < -0.39 is 0 Å². The first kappa shape index (κ1) is 14.2. The topological polar surface area (TPSA) is 26.3 Å². The Hall–Kier alpha value is 0.200. The standard InChI is InChI=1S/C11H21IO2/c1-8(5-9(2)7-12)6-10(3)11(13)14-4/h8-10H,5-7H2,1-4H3/t8-,9+,10-/m0/s1. The molecule has 0 aliphatic carbocycles. The van der Waals surface area contributed by atoms with Crippen LogP contribution in [-0.4, -0.2) is 17.5 Å². The predicted molar refractivity (Wildman–Crippen MR) is 67.6 cm³/mol. The van der Waals surface area contributed by atoms with Crippen LogP contribution in [0.2, 0.25) is 0 Å². The van der Waals surface area contributed by atoms with Crippen LogP contribution in [0.4, 0.5) is 0 Å². The molecule has 0 aliphatic rings. The van der Waals surface area contributed by atoms with Gasteiger partial charge in [-0.3, -0.25) is 4.79 Å². The van der Waals surface area contributed by atoms with Crippen molar-refractivity contribution in [2.24, 2.45) is 17.8 Å². The van der Waals surface area contributed by atoms with E-state index in [1.54, 1.807) is 0 Å². The van der Waals surface area contributed by atoms with Gasteiger partial charge in [0.2, 0.25) is 0 Å². The van der Waals surface area contributed by atoms with Gasteiger partial charge in [0.25, 0.3) is 0 Å². The molecule has 0 aromatic heterocycles. The Bertz CT molecular complexity index is 171. The van der Waals surface area contributed by atoms with E-state index in [0.29, 0.717) is 5.92 Å². The largest absolute Gasteiger partial charge is 0.469 e. The van der Waals surface area contributed by atoms with Gasteiger partial charge in [-0.05, 0) is 24.7 Å². The maximum absolute atomic E-state index is 11.2. The van der Waals surface area contributed by atoms with E-state index >= 15 is 0 Å². The molecule has 0 saturated heterocycles. The molecule has 14 heavy (non-hydrogen) atoms. The lowest BCUT2D eigenvalue weighted by molar-refractivity contribution is -0.145. The van der Waals surface area contributed by atoms with Crippen LogP contribution in [-0.2, 0) is 9.53 Å². The van der Waals surface area contributed by atoms with Crippen LogP contribution in [0.1, 0.15) is 33.6 Å². The van der Waals surface area contributed by atoms with Crippen molar-refractivity contribution in [2.45, 2.75) is 33.6 Å². The van der Waals surface area contributed by atoms with Crippen LogP contribution in [0.15, 0.2) is 0 Å². The van der Waals surface area contributed by atoms with Crippen LogP contribution < -0.4 is 0 Å². The summed E-state index contributed by atoms with van der Waals surface area (Å²) >= 11 is 2.41. The number of esters is 1. The summed E-state index contributed by atoms with van der Waals surface area (Å²) < 4.78 is 5.89.